The second-order valence-corrected chi connectivity index (χ2v) is 6.33. The minimum atomic E-state index is -0.921. The number of hydrogen-bond donors (Lipinski definition) is 1. The van der Waals surface area contributed by atoms with Gasteiger partial charge in [0.2, 0.25) is 0 Å². The molecule has 8 heteroatoms. The summed E-state index contributed by atoms with van der Waals surface area (Å²) in [6.45, 7) is 0.304. The Kier molecular flexibility index (Phi) is 6.32. The van der Waals surface area contributed by atoms with E-state index >= 15 is 0 Å². The van der Waals surface area contributed by atoms with Crippen molar-refractivity contribution >= 4 is 23.6 Å². The Morgan fingerprint density at radius 1 is 1.46 bits per heavy atom. The number of benzene rings is 1. The lowest BCUT2D eigenvalue weighted by Gasteiger charge is -2.34. The van der Waals surface area contributed by atoms with Gasteiger partial charge in [-0.25, -0.2) is 0 Å². The number of nitrogens with zero attached hydrogens (tertiary/aromatic N) is 2. The summed E-state index contributed by atoms with van der Waals surface area (Å²) in [7, 11) is 1.45. The van der Waals surface area contributed by atoms with E-state index in [-0.39, 0.29) is 25.0 Å². The van der Waals surface area contributed by atoms with E-state index in [0.717, 1.165) is 5.75 Å². The van der Waals surface area contributed by atoms with Crippen molar-refractivity contribution in [1.29, 1.82) is 5.26 Å². The molecule has 1 saturated heterocycles. The van der Waals surface area contributed by atoms with Crippen LogP contribution >= 0.6 is 11.8 Å². The summed E-state index contributed by atoms with van der Waals surface area (Å²) >= 11 is 1.64. The van der Waals surface area contributed by atoms with Gasteiger partial charge in [-0.05, 0) is 12.1 Å². The van der Waals surface area contributed by atoms with Gasteiger partial charge >= 0.3 is 5.97 Å². The third-order valence-electron chi connectivity index (χ3n) is 3.60. The number of carboxylic acids is 1. The van der Waals surface area contributed by atoms with Crippen LogP contribution in [0.2, 0.25) is 0 Å². The molecule has 1 N–H and O–H groups in total. The number of carbonyl (C=O) groups excluding carboxylic acids is 1. The highest BCUT2D eigenvalue weighted by Gasteiger charge is 2.29. The van der Waals surface area contributed by atoms with Gasteiger partial charge in [0.15, 0.2) is 18.1 Å². The van der Waals surface area contributed by atoms with Crippen molar-refractivity contribution in [2.24, 2.45) is 0 Å². The van der Waals surface area contributed by atoms with Crippen molar-refractivity contribution in [2.45, 2.75) is 12.5 Å². The van der Waals surface area contributed by atoms with E-state index in [1.165, 1.54) is 13.2 Å². The van der Waals surface area contributed by atoms with Crippen LogP contribution in [0.4, 0.5) is 0 Å². The summed E-state index contributed by atoms with van der Waals surface area (Å²) < 4.78 is 10.7. The lowest BCUT2D eigenvalue weighted by Crippen LogP contribution is -2.48. The fourth-order valence-electron chi connectivity index (χ4n) is 2.43. The minimum absolute atomic E-state index is 0.0705. The van der Waals surface area contributed by atoms with Gasteiger partial charge in [-0.2, -0.15) is 17.0 Å². The number of ether oxygens (including phenoxy) is 2. The zero-order valence-electron chi connectivity index (χ0n) is 13.2. The second kappa shape index (κ2) is 8.45. The first kappa shape index (κ1) is 17.9. The quantitative estimate of drug-likeness (QED) is 0.827. The van der Waals surface area contributed by atoms with Crippen LogP contribution in [0, 0.1) is 11.3 Å². The summed E-state index contributed by atoms with van der Waals surface area (Å²) in [4.78, 5) is 24.9. The Morgan fingerprint density at radius 2 is 2.25 bits per heavy atom. The van der Waals surface area contributed by atoms with Crippen LogP contribution in [0.25, 0.3) is 0 Å². The Labute approximate surface area is 144 Å². The average Bonchev–Trinajstić information content (AvgIpc) is 2.59. The molecule has 1 atom stereocenters. The van der Waals surface area contributed by atoms with Gasteiger partial charge < -0.3 is 19.5 Å². The fourth-order valence-corrected chi connectivity index (χ4v) is 3.49. The predicted octanol–water partition coefficient (Wildman–Crippen LogP) is 1.36. The number of aliphatic carboxylic acids is 1. The Hall–Kier alpha value is -2.40. The van der Waals surface area contributed by atoms with Crippen molar-refractivity contribution in [3.05, 3.63) is 23.8 Å². The van der Waals surface area contributed by atoms with Crippen molar-refractivity contribution in [3.8, 4) is 17.6 Å². The SMILES string of the molecule is COc1cc(C#N)ccc1OCC(=O)N1CCSCC1CC(=O)O. The third-order valence-corrected chi connectivity index (χ3v) is 4.69. The normalized spacial score (nSPS) is 17.0. The summed E-state index contributed by atoms with van der Waals surface area (Å²) in [6, 6.07) is 6.37. The molecular weight excluding hydrogens is 332 g/mol. The molecule has 0 aromatic heterocycles. The molecular formula is C16H18N2O5S. The van der Waals surface area contributed by atoms with Crippen LogP contribution in [0.1, 0.15) is 12.0 Å². The molecule has 0 radical (unpaired) electrons. The van der Waals surface area contributed by atoms with E-state index in [1.807, 2.05) is 6.07 Å². The Bertz CT molecular complexity index is 658. The topological polar surface area (TPSA) is 99.9 Å². The van der Waals surface area contributed by atoms with Gasteiger partial charge in [0.1, 0.15) is 0 Å². The summed E-state index contributed by atoms with van der Waals surface area (Å²) in [5, 5.41) is 17.9. The molecule has 128 valence electrons. The van der Waals surface area contributed by atoms with Crippen molar-refractivity contribution in [2.75, 3.05) is 31.8 Å². The first-order chi connectivity index (χ1) is 11.5. The maximum Gasteiger partial charge on any atom is 0.305 e. The van der Waals surface area contributed by atoms with Crippen LogP contribution in [0.5, 0.6) is 11.5 Å². The molecule has 1 amide bonds. The third kappa shape index (κ3) is 4.55. The molecule has 1 aliphatic heterocycles. The van der Waals surface area contributed by atoms with E-state index < -0.39 is 5.97 Å². The van der Waals surface area contributed by atoms with E-state index in [1.54, 1.807) is 28.8 Å². The van der Waals surface area contributed by atoms with Gasteiger partial charge in [0, 0.05) is 24.1 Å². The average molecular weight is 350 g/mol. The van der Waals surface area contributed by atoms with Gasteiger partial charge in [0.05, 0.1) is 31.2 Å². The molecule has 1 unspecified atom stereocenters. The van der Waals surface area contributed by atoms with Gasteiger partial charge in [-0.15, -0.1) is 0 Å². The Morgan fingerprint density at radius 3 is 2.92 bits per heavy atom. The number of amides is 1. The zero-order valence-corrected chi connectivity index (χ0v) is 14.0. The van der Waals surface area contributed by atoms with Crippen molar-refractivity contribution in [3.63, 3.8) is 0 Å². The van der Waals surface area contributed by atoms with Crippen LogP contribution in [0.3, 0.4) is 0 Å². The number of rotatable bonds is 6. The highest BCUT2D eigenvalue weighted by molar-refractivity contribution is 7.99. The summed E-state index contributed by atoms with van der Waals surface area (Å²) in [6.07, 6.45) is -0.0705. The standard InChI is InChI=1S/C16H18N2O5S/c1-22-14-6-11(8-17)2-3-13(14)23-9-15(19)18-4-5-24-10-12(18)7-16(20)21/h2-3,6,12H,4-5,7,9-10H2,1H3,(H,20,21). The monoisotopic (exact) mass is 350 g/mol. The van der Waals surface area contributed by atoms with Crippen LogP contribution in [0.15, 0.2) is 18.2 Å². The van der Waals surface area contributed by atoms with Crippen LogP contribution in [-0.4, -0.2) is 59.7 Å². The maximum atomic E-state index is 12.4. The lowest BCUT2D eigenvalue weighted by atomic mass is 10.2. The van der Waals surface area contributed by atoms with E-state index in [2.05, 4.69) is 0 Å². The highest BCUT2D eigenvalue weighted by atomic mass is 32.2. The lowest BCUT2D eigenvalue weighted by molar-refractivity contribution is -0.141. The largest absolute Gasteiger partial charge is 0.493 e. The molecule has 1 aliphatic rings. The molecule has 24 heavy (non-hydrogen) atoms. The molecule has 1 aromatic carbocycles. The molecule has 1 heterocycles. The maximum absolute atomic E-state index is 12.4. The molecule has 1 aromatic rings. The molecule has 7 nitrogen and oxygen atoms in total. The molecule has 2 rings (SSSR count). The van der Waals surface area contributed by atoms with Crippen molar-refractivity contribution < 1.29 is 24.2 Å². The number of nitriles is 1. The van der Waals surface area contributed by atoms with E-state index in [4.69, 9.17) is 19.8 Å². The smallest absolute Gasteiger partial charge is 0.305 e. The van der Waals surface area contributed by atoms with Crippen molar-refractivity contribution in [1.82, 2.24) is 4.90 Å². The number of carboxylic acid groups (broad SMARTS) is 1. The molecule has 1 fully saturated rings. The number of hydrogen-bond acceptors (Lipinski definition) is 6. The molecule has 0 spiro atoms. The molecule has 0 saturated carbocycles. The van der Waals surface area contributed by atoms with Gasteiger partial charge in [0.25, 0.3) is 5.91 Å². The number of carbonyl (C=O) groups is 2. The predicted molar refractivity (Wildman–Crippen MR) is 88.3 cm³/mol. The van der Waals surface area contributed by atoms with E-state index in [0.29, 0.717) is 29.4 Å². The molecule has 0 aliphatic carbocycles. The highest BCUT2D eigenvalue weighted by Crippen LogP contribution is 2.28. The minimum Gasteiger partial charge on any atom is -0.493 e. The first-order valence-corrected chi connectivity index (χ1v) is 8.50. The molecule has 0 bridgehead atoms. The first-order valence-electron chi connectivity index (χ1n) is 7.35. The van der Waals surface area contributed by atoms with Crippen LogP contribution in [-0.2, 0) is 9.59 Å². The fraction of sp³-hybridized carbons (Fsp3) is 0.438. The van der Waals surface area contributed by atoms with E-state index in [9.17, 15) is 9.59 Å². The zero-order chi connectivity index (χ0) is 17.5. The second-order valence-electron chi connectivity index (χ2n) is 5.18. The number of methoxy groups -OCH3 is 1. The summed E-state index contributed by atoms with van der Waals surface area (Å²) in [5.74, 6) is 0.951. The number of thioether (sulfide) groups is 1. The summed E-state index contributed by atoms with van der Waals surface area (Å²) in [5.41, 5.74) is 0.431. The van der Waals surface area contributed by atoms with Gasteiger partial charge in [-0.1, -0.05) is 0 Å². The Balaban J connectivity index is 2.01. The van der Waals surface area contributed by atoms with Crippen LogP contribution < -0.4 is 9.47 Å². The van der Waals surface area contributed by atoms with Gasteiger partial charge in [-0.3, -0.25) is 9.59 Å².